The minimum atomic E-state index is -0.184. The summed E-state index contributed by atoms with van der Waals surface area (Å²) >= 11 is 1.44. The van der Waals surface area contributed by atoms with Gasteiger partial charge in [0.15, 0.2) is 5.13 Å². The number of benzene rings is 1. The molecule has 3 rings (SSSR count). The van der Waals surface area contributed by atoms with Gasteiger partial charge in [0.05, 0.1) is 13.2 Å². The summed E-state index contributed by atoms with van der Waals surface area (Å²) in [5.74, 6) is -0.184. The van der Waals surface area contributed by atoms with Crippen LogP contribution >= 0.6 is 11.3 Å². The smallest absolute Gasteiger partial charge is 0.275 e. The maximum absolute atomic E-state index is 12.2. The maximum atomic E-state index is 12.2. The summed E-state index contributed by atoms with van der Waals surface area (Å²) in [6, 6.07) is 7.98. The third-order valence-corrected chi connectivity index (χ3v) is 4.59. The summed E-state index contributed by atoms with van der Waals surface area (Å²) in [4.78, 5) is 18.9. The van der Waals surface area contributed by atoms with Crippen LogP contribution in [-0.4, -0.2) is 48.6 Å². The number of carbonyl (C=O) groups is 1. The van der Waals surface area contributed by atoms with Crippen molar-refractivity contribution < 1.29 is 9.53 Å². The Morgan fingerprint density at radius 3 is 2.75 bits per heavy atom. The van der Waals surface area contributed by atoms with Gasteiger partial charge in [0.25, 0.3) is 5.91 Å². The zero-order valence-electron chi connectivity index (χ0n) is 13.7. The van der Waals surface area contributed by atoms with Gasteiger partial charge in [0.1, 0.15) is 5.69 Å². The minimum Gasteiger partial charge on any atom is -0.379 e. The zero-order chi connectivity index (χ0) is 16.8. The number of nitrogens with zero attached hydrogens (tertiary/aromatic N) is 2. The van der Waals surface area contributed by atoms with E-state index in [2.05, 4.69) is 32.7 Å². The summed E-state index contributed by atoms with van der Waals surface area (Å²) in [6.45, 7) is 7.24. The summed E-state index contributed by atoms with van der Waals surface area (Å²) < 4.78 is 5.36. The maximum Gasteiger partial charge on any atom is 0.275 e. The van der Waals surface area contributed by atoms with Gasteiger partial charge in [-0.25, -0.2) is 4.98 Å². The quantitative estimate of drug-likeness (QED) is 0.842. The molecule has 6 nitrogen and oxygen atoms in total. The van der Waals surface area contributed by atoms with E-state index in [-0.39, 0.29) is 5.91 Å². The summed E-state index contributed by atoms with van der Waals surface area (Å²) in [7, 11) is 0. The summed E-state index contributed by atoms with van der Waals surface area (Å²) in [5.41, 5.74) is 2.45. The van der Waals surface area contributed by atoms with Gasteiger partial charge in [-0.1, -0.05) is 12.1 Å². The fourth-order valence-corrected chi connectivity index (χ4v) is 3.28. The van der Waals surface area contributed by atoms with Crippen LogP contribution in [0.25, 0.3) is 0 Å². The van der Waals surface area contributed by atoms with E-state index < -0.39 is 0 Å². The van der Waals surface area contributed by atoms with E-state index in [1.807, 2.05) is 19.1 Å². The van der Waals surface area contributed by atoms with Crippen molar-refractivity contribution in [2.24, 2.45) is 0 Å². The molecule has 0 bridgehead atoms. The molecule has 1 aromatic heterocycles. The van der Waals surface area contributed by atoms with E-state index in [9.17, 15) is 4.79 Å². The molecule has 0 atom stereocenters. The number of aromatic nitrogens is 1. The third kappa shape index (κ3) is 4.53. The fraction of sp³-hybridized carbons (Fsp3) is 0.412. The molecule has 2 aromatic rings. The third-order valence-electron chi connectivity index (χ3n) is 3.79. The Labute approximate surface area is 145 Å². The lowest BCUT2D eigenvalue weighted by molar-refractivity contribution is 0.0342. The predicted octanol–water partition coefficient (Wildman–Crippen LogP) is 2.66. The van der Waals surface area contributed by atoms with Crippen LogP contribution in [0, 0.1) is 0 Å². The Morgan fingerprint density at radius 2 is 2.04 bits per heavy atom. The molecule has 0 saturated carbocycles. The van der Waals surface area contributed by atoms with Gasteiger partial charge in [-0.05, 0) is 24.6 Å². The first-order valence-corrected chi connectivity index (χ1v) is 9.02. The van der Waals surface area contributed by atoms with Crippen molar-refractivity contribution in [1.29, 1.82) is 0 Å². The Morgan fingerprint density at radius 1 is 1.29 bits per heavy atom. The van der Waals surface area contributed by atoms with Crippen LogP contribution in [0.1, 0.15) is 23.0 Å². The van der Waals surface area contributed by atoms with Gasteiger partial charge in [-0.3, -0.25) is 9.69 Å². The highest BCUT2D eigenvalue weighted by atomic mass is 32.1. The van der Waals surface area contributed by atoms with Crippen LogP contribution in [-0.2, 0) is 11.3 Å². The first-order chi connectivity index (χ1) is 11.7. The van der Waals surface area contributed by atoms with Crippen LogP contribution in [0.5, 0.6) is 0 Å². The van der Waals surface area contributed by atoms with Crippen molar-refractivity contribution in [2.45, 2.75) is 13.5 Å². The fourth-order valence-electron chi connectivity index (χ4n) is 2.52. The average molecular weight is 346 g/mol. The van der Waals surface area contributed by atoms with Gasteiger partial charge in [-0.2, -0.15) is 0 Å². The normalized spacial score (nSPS) is 15.2. The minimum absolute atomic E-state index is 0.184. The topological polar surface area (TPSA) is 66.5 Å². The standard InChI is InChI=1S/C17H22N4O2S/c1-2-18-17-20-15(12-24-17)16(22)19-14-5-3-13(4-6-14)11-21-7-9-23-10-8-21/h3-6,12H,2,7-11H2,1H3,(H,18,20)(H,19,22). The number of hydrogen-bond acceptors (Lipinski definition) is 6. The average Bonchev–Trinajstić information content (AvgIpc) is 3.07. The van der Waals surface area contributed by atoms with E-state index in [1.54, 1.807) is 5.38 Å². The van der Waals surface area contributed by atoms with E-state index in [4.69, 9.17) is 4.74 Å². The first kappa shape index (κ1) is 16.9. The molecule has 7 heteroatoms. The molecule has 1 aliphatic rings. The molecule has 0 radical (unpaired) electrons. The number of nitrogens with one attached hydrogen (secondary N) is 2. The molecular weight excluding hydrogens is 324 g/mol. The van der Waals surface area contributed by atoms with Gasteiger partial charge in [0.2, 0.25) is 0 Å². The highest BCUT2D eigenvalue weighted by Gasteiger charge is 2.12. The molecule has 1 fully saturated rings. The molecule has 0 spiro atoms. The number of rotatable bonds is 6. The number of amides is 1. The number of anilines is 2. The molecule has 1 amide bonds. The Hall–Kier alpha value is -1.96. The van der Waals surface area contributed by atoms with E-state index in [0.29, 0.717) is 5.69 Å². The summed E-state index contributed by atoms with van der Waals surface area (Å²) in [5, 5.41) is 8.53. The Balaban J connectivity index is 1.55. The number of thiazole rings is 1. The first-order valence-electron chi connectivity index (χ1n) is 8.14. The lowest BCUT2D eigenvalue weighted by Gasteiger charge is -2.26. The van der Waals surface area contributed by atoms with Crippen LogP contribution in [0.3, 0.4) is 0 Å². The van der Waals surface area contributed by atoms with Crippen molar-refractivity contribution in [3.63, 3.8) is 0 Å². The van der Waals surface area contributed by atoms with Crippen LogP contribution < -0.4 is 10.6 Å². The second kappa shape index (κ2) is 8.23. The van der Waals surface area contributed by atoms with Crippen molar-refractivity contribution in [2.75, 3.05) is 43.5 Å². The number of ether oxygens (including phenoxy) is 1. The highest BCUT2D eigenvalue weighted by molar-refractivity contribution is 7.13. The van der Waals surface area contributed by atoms with E-state index in [0.717, 1.165) is 50.2 Å². The van der Waals surface area contributed by atoms with Crippen molar-refractivity contribution in [1.82, 2.24) is 9.88 Å². The monoisotopic (exact) mass is 346 g/mol. The van der Waals surface area contributed by atoms with Gasteiger partial charge in [-0.15, -0.1) is 11.3 Å². The van der Waals surface area contributed by atoms with Crippen molar-refractivity contribution in [3.8, 4) is 0 Å². The van der Waals surface area contributed by atoms with Gasteiger partial charge in [0, 0.05) is 37.2 Å². The number of morpholine rings is 1. The Bertz CT molecular complexity index is 665. The van der Waals surface area contributed by atoms with Crippen molar-refractivity contribution in [3.05, 3.63) is 40.9 Å². The molecule has 24 heavy (non-hydrogen) atoms. The molecular formula is C17H22N4O2S. The molecule has 1 saturated heterocycles. The largest absolute Gasteiger partial charge is 0.379 e. The molecule has 1 aliphatic heterocycles. The van der Waals surface area contributed by atoms with E-state index in [1.165, 1.54) is 16.9 Å². The molecule has 128 valence electrons. The highest BCUT2D eigenvalue weighted by Crippen LogP contribution is 2.17. The van der Waals surface area contributed by atoms with E-state index >= 15 is 0 Å². The van der Waals surface area contributed by atoms with Crippen LogP contribution in [0.15, 0.2) is 29.6 Å². The van der Waals surface area contributed by atoms with Gasteiger partial charge >= 0.3 is 0 Å². The molecule has 0 aliphatic carbocycles. The lowest BCUT2D eigenvalue weighted by Crippen LogP contribution is -2.35. The SMILES string of the molecule is CCNc1nc(C(=O)Nc2ccc(CN3CCOCC3)cc2)cs1. The van der Waals surface area contributed by atoms with Crippen molar-refractivity contribution >= 4 is 28.1 Å². The number of carbonyl (C=O) groups excluding carboxylic acids is 1. The van der Waals surface area contributed by atoms with Crippen LogP contribution in [0.2, 0.25) is 0 Å². The second-order valence-corrected chi connectivity index (χ2v) is 6.47. The lowest BCUT2D eigenvalue weighted by atomic mass is 10.2. The second-order valence-electron chi connectivity index (χ2n) is 5.61. The Kier molecular flexibility index (Phi) is 5.79. The van der Waals surface area contributed by atoms with Gasteiger partial charge < -0.3 is 15.4 Å². The molecule has 0 unspecified atom stereocenters. The van der Waals surface area contributed by atoms with Crippen LogP contribution in [0.4, 0.5) is 10.8 Å². The number of hydrogen-bond donors (Lipinski definition) is 2. The zero-order valence-corrected chi connectivity index (χ0v) is 14.6. The predicted molar refractivity (Wildman–Crippen MR) is 96.8 cm³/mol. The molecule has 2 N–H and O–H groups in total. The summed E-state index contributed by atoms with van der Waals surface area (Å²) in [6.07, 6.45) is 0. The molecule has 2 heterocycles. The molecule has 1 aromatic carbocycles.